The van der Waals surface area contributed by atoms with Gasteiger partial charge in [0.15, 0.2) is 0 Å². The molecule has 0 aliphatic carbocycles. The minimum absolute atomic E-state index is 0.491. The molecule has 0 saturated carbocycles. The van der Waals surface area contributed by atoms with Crippen LogP contribution in [0.2, 0.25) is 0 Å². The minimum atomic E-state index is 0.491. The Morgan fingerprint density at radius 1 is 1.16 bits per heavy atom. The molecule has 2 aromatic rings. The lowest BCUT2D eigenvalue weighted by atomic mass is 10.0. The van der Waals surface area contributed by atoms with E-state index in [4.69, 9.17) is 5.73 Å². The second-order valence-corrected chi connectivity index (χ2v) is 4.98. The summed E-state index contributed by atoms with van der Waals surface area (Å²) < 4.78 is 0. The van der Waals surface area contributed by atoms with Gasteiger partial charge < -0.3 is 11.1 Å². The molecule has 2 rings (SSSR count). The predicted octanol–water partition coefficient (Wildman–Crippen LogP) is 3.10. The summed E-state index contributed by atoms with van der Waals surface area (Å²) in [6.45, 7) is 6.95. The van der Waals surface area contributed by atoms with Gasteiger partial charge in [0.25, 0.3) is 0 Å². The fourth-order valence-electron chi connectivity index (χ4n) is 1.89. The molecule has 0 spiro atoms. The third kappa shape index (κ3) is 3.68. The maximum absolute atomic E-state index is 5.69. The predicted molar refractivity (Wildman–Crippen MR) is 79.0 cm³/mol. The number of aryl methyl sites for hydroxylation is 1. The molecule has 4 nitrogen and oxygen atoms in total. The number of nitrogens with zero attached hydrogens (tertiary/aromatic N) is 2. The molecule has 19 heavy (non-hydrogen) atoms. The molecule has 1 aromatic carbocycles. The van der Waals surface area contributed by atoms with Gasteiger partial charge in [-0.3, -0.25) is 0 Å². The van der Waals surface area contributed by atoms with Crippen molar-refractivity contribution in [2.45, 2.75) is 33.2 Å². The monoisotopic (exact) mass is 256 g/mol. The summed E-state index contributed by atoms with van der Waals surface area (Å²) >= 11 is 0. The van der Waals surface area contributed by atoms with Crippen LogP contribution in [0.1, 0.15) is 36.7 Å². The highest BCUT2D eigenvalue weighted by atomic mass is 15.0. The van der Waals surface area contributed by atoms with Crippen molar-refractivity contribution in [1.82, 2.24) is 9.97 Å². The quantitative estimate of drug-likeness (QED) is 0.882. The summed E-state index contributed by atoms with van der Waals surface area (Å²) in [5.41, 5.74) is 8.26. The Hall–Kier alpha value is -2.10. The van der Waals surface area contributed by atoms with Gasteiger partial charge in [0, 0.05) is 12.6 Å². The molecule has 0 atom stereocenters. The second-order valence-electron chi connectivity index (χ2n) is 4.98. The lowest BCUT2D eigenvalue weighted by Crippen LogP contribution is -2.05. The van der Waals surface area contributed by atoms with E-state index < -0.39 is 0 Å². The molecule has 0 saturated heterocycles. The van der Waals surface area contributed by atoms with E-state index in [2.05, 4.69) is 53.4 Å². The van der Waals surface area contributed by atoms with Crippen molar-refractivity contribution in [3.8, 4) is 0 Å². The van der Waals surface area contributed by atoms with Crippen LogP contribution in [-0.4, -0.2) is 9.97 Å². The van der Waals surface area contributed by atoms with E-state index in [1.807, 2.05) is 6.92 Å². The number of benzene rings is 1. The largest absolute Gasteiger partial charge is 0.384 e. The first-order valence-electron chi connectivity index (χ1n) is 6.48. The third-order valence-corrected chi connectivity index (χ3v) is 2.98. The van der Waals surface area contributed by atoms with Crippen LogP contribution >= 0.6 is 0 Å². The molecule has 0 bridgehead atoms. The van der Waals surface area contributed by atoms with Gasteiger partial charge in [-0.25, -0.2) is 9.97 Å². The topological polar surface area (TPSA) is 63.8 Å². The van der Waals surface area contributed by atoms with Crippen LogP contribution in [0.3, 0.4) is 0 Å². The average Bonchev–Trinajstić information content (AvgIpc) is 2.36. The molecule has 0 fully saturated rings. The zero-order valence-electron chi connectivity index (χ0n) is 11.6. The van der Waals surface area contributed by atoms with Crippen molar-refractivity contribution >= 4 is 11.6 Å². The molecular weight excluding hydrogens is 236 g/mol. The van der Waals surface area contributed by atoms with E-state index in [1.165, 1.54) is 11.1 Å². The number of nitrogens with one attached hydrogen (secondary N) is 1. The maximum Gasteiger partial charge on any atom is 0.132 e. The Labute approximate surface area is 114 Å². The van der Waals surface area contributed by atoms with Gasteiger partial charge in [0.05, 0.1) is 0 Å². The zero-order chi connectivity index (χ0) is 13.8. The maximum atomic E-state index is 5.69. The van der Waals surface area contributed by atoms with Gasteiger partial charge >= 0.3 is 0 Å². The molecule has 3 N–H and O–H groups in total. The molecule has 1 aromatic heterocycles. The smallest absolute Gasteiger partial charge is 0.132 e. The number of hydrogen-bond acceptors (Lipinski definition) is 4. The first kappa shape index (κ1) is 13.3. The van der Waals surface area contributed by atoms with E-state index in [1.54, 1.807) is 6.07 Å². The van der Waals surface area contributed by atoms with Crippen LogP contribution in [0.25, 0.3) is 0 Å². The van der Waals surface area contributed by atoms with Crippen LogP contribution in [0, 0.1) is 6.92 Å². The molecule has 100 valence electrons. The van der Waals surface area contributed by atoms with Crippen LogP contribution in [0.4, 0.5) is 11.6 Å². The molecular formula is C15H20N4. The Kier molecular flexibility index (Phi) is 4.00. The lowest BCUT2D eigenvalue weighted by molar-refractivity contribution is 0.865. The third-order valence-electron chi connectivity index (χ3n) is 2.98. The van der Waals surface area contributed by atoms with Crippen LogP contribution in [-0.2, 0) is 6.54 Å². The van der Waals surface area contributed by atoms with E-state index in [0.29, 0.717) is 17.6 Å². The highest BCUT2D eigenvalue weighted by molar-refractivity contribution is 5.45. The number of aromatic nitrogens is 2. The number of anilines is 2. The Balaban J connectivity index is 2.02. The van der Waals surface area contributed by atoms with Gasteiger partial charge in [0.1, 0.15) is 17.5 Å². The highest BCUT2D eigenvalue weighted by Crippen LogP contribution is 2.15. The molecule has 4 heteroatoms. The standard InChI is InChI=1S/C15H20N4/c1-10(2)13-6-4-12(5-7-13)9-17-15-8-14(16)18-11(3)19-15/h4-8,10H,9H2,1-3H3,(H3,16,17,18,19). The van der Waals surface area contributed by atoms with E-state index in [9.17, 15) is 0 Å². The number of nitrogen functional groups attached to an aromatic ring is 1. The van der Waals surface area contributed by atoms with Gasteiger partial charge in [-0.15, -0.1) is 0 Å². The summed E-state index contributed by atoms with van der Waals surface area (Å²) in [5, 5.41) is 3.26. The number of nitrogens with two attached hydrogens (primary N) is 1. The zero-order valence-corrected chi connectivity index (χ0v) is 11.6. The summed E-state index contributed by atoms with van der Waals surface area (Å²) in [7, 11) is 0. The number of rotatable bonds is 4. The first-order chi connectivity index (χ1) is 9.04. The molecule has 0 aliphatic rings. The first-order valence-corrected chi connectivity index (χ1v) is 6.48. The van der Waals surface area contributed by atoms with Crippen LogP contribution < -0.4 is 11.1 Å². The highest BCUT2D eigenvalue weighted by Gasteiger charge is 2.01. The van der Waals surface area contributed by atoms with Gasteiger partial charge in [-0.2, -0.15) is 0 Å². The van der Waals surface area contributed by atoms with E-state index in [0.717, 1.165) is 12.4 Å². The van der Waals surface area contributed by atoms with Crippen molar-refractivity contribution in [2.75, 3.05) is 11.1 Å². The summed E-state index contributed by atoms with van der Waals surface area (Å²) in [6.07, 6.45) is 0. The van der Waals surface area contributed by atoms with Crippen molar-refractivity contribution in [3.63, 3.8) is 0 Å². The Morgan fingerprint density at radius 2 is 1.84 bits per heavy atom. The van der Waals surface area contributed by atoms with Crippen molar-refractivity contribution in [1.29, 1.82) is 0 Å². The van der Waals surface area contributed by atoms with Crippen molar-refractivity contribution < 1.29 is 0 Å². The van der Waals surface area contributed by atoms with Gasteiger partial charge in [0.2, 0.25) is 0 Å². The lowest BCUT2D eigenvalue weighted by Gasteiger charge is -2.09. The number of hydrogen-bond donors (Lipinski definition) is 2. The summed E-state index contributed by atoms with van der Waals surface area (Å²) in [6, 6.07) is 10.4. The normalized spacial score (nSPS) is 10.7. The Bertz CT molecular complexity index is 526. The van der Waals surface area contributed by atoms with Crippen LogP contribution in [0.5, 0.6) is 0 Å². The molecule has 0 aliphatic heterocycles. The van der Waals surface area contributed by atoms with Crippen molar-refractivity contribution in [3.05, 3.63) is 47.3 Å². The van der Waals surface area contributed by atoms with Gasteiger partial charge in [-0.05, 0) is 24.0 Å². The summed E-state index contributed by atoms with van der Waals surface area (Å²) in [4.78, 5) is 8.34. The van der Waals surface area contributed by atoms with Gasteiger partial charge in [-0.1, -0.05) is 38.1 Å². The average molecular weight is 256 g/mol. The van der Waals surface area contributed by atoms with Crippen LogP contribution in [0.15, 0.2) is 30.3 Å². The SMILES string of the molecule is Cc1nc(N)cc(NCc2ccc(C(C)C)cc2)n1. The van der Waals surface area contributed by atoms with Crippen molar-refractivity contribution in [2.24, 2.45) is 0 Å². The molecule has 1 heterocycles. The molecule has 0 amide bonds. The van der Waals surface area contributed by atoms with E-state index in [-0.39, 0.29) is 0 Å². The Morgan fingerprint density at radius 3 is 2.42 bits per heavy atom. The molecule has 0 radical (unpaired) electrons. The van der Waals surface area contributed by atoms with E-state index >= 15 is 0 Å². The fraction of sp³-hybridized carbons (Fsp3) is 0.333. The summed E-state index contributed by atoms with van der Waals surface area (Å²) in [5.74, 6) is 2.49. The second kappa shape index (κ2) is 5.69. The molecule has 0 unspecified atom stereocenters. The fourth-order valence-corrected chi connectivity index (χ4v) is 1.89. The minimum Gasteiger partial charge on any atom is -0.384 e.